The van der Waals surface area contributed by atoms with Crippen molar-refractivity contribution < 1.29 is 4.74 Å². The lowest BCUT2D eigenvalue weighted by atomic mass is 9.65. The van der Waals surface area contributed by atoms with Crippen molar-refractivity contribution in [1.82, 2.24) is 0 Å². The van der Waals surface area contributed by atoms with Crippen LogP contribution in [0.4, 0.5) is 0 Å². The SMILES string of the molecule is COc1c(C(C)(C)C2CCC(C)CC2Br)ccc(C)c1C. The maximum absolute atomic E-state index is 5.78. The molecule has 1 aromatic rings. The van der Waals surface area contributed by atoms with Gasteiger partial charge < -0.3 is 4.74 Å². The molecule has 21 heavy (non-hydrogen) atoms. The van der Waals surface area contributed by atoms with Gasteiger partial charge in [-0.25, -0.2) is 0 Å². The molecular formula is C19H29BrO. The first-order valence-corrected chi connectivity index (χ1v) is 8.99. The van der Waals surface area contributed by atoms with E-state index >= 15 is 0 Å². The molecule has 0 heterocycles. The van der Waals surface area contributed by atoms with Gasteiger partial charge in [-0.15, -0.1) is 0 Å². The molecule has 1 aromatic carbocycles. The third-order valence-electron chi connectivity index (χ3n) is 5.54. The second-order valence-corrected chi connectivity index (χ2v) is 8.53. The number of halogens is 1. The average molecular weight is 353 g/mol. The van der Waals surface area contributed by atoms with Crippen LogP contribution in [0.25, 0.3) is 0 Å². The maximum atomic E-state index is 5.78. The molecule has 1 aliphatic carbocycles. The van der Waals surface area contributed by atoms with Crippen LogP contribution in [0.3, 0.4) is 0 Å². The smallest absolute Gasteiger partial charge is 0.125 e. The number of benzene rings is 1. The van der Waals surface area contributed by atoms with Crippen molar-refractivity contribution in [3.63, 3.8) is 0 Å². The molecule has 0 saturated heterocycles. The molecule has 2 heteroatoms. The second kappa shape index (κ2) is 6.32. The summed E-state index contributed by atoms with van der Waals surface area (Å²) in [5.41, 5.74) is 4.06. The molecule has 1 nitrogen and oxygen atoms in total. The highest BCUT2D eigenvalue weighted by atomic mass is 79.9. The first-order valence-electron chi connectivity index (χ1n) is 8.07. The van der Waals surface area contributed by atoms with Crippen LogP contribution in [0.15, 0.2) is 12.1 Å². The van der Waals surface area contributed by atoms with E-state index in [2.05, 4.69) is 62.7 Å². The minimum Gasteiger partial charge on any atom is -0.496 e. The van der Waals surface area contributed by atoms with Crippen molar-refractivity contribution in [2.75, 3.05) is 7.11 Å². The van der Waals surface area contributed by atoms with Crippen LogP contribution in [-0.2, 0) is 5.41 Å². The number of hydrogen-bond donors (Lipinski definition) is 0. The summed E-state index contributed by atoms with van der Waals surface area (Å²) in [6.45, 7) is 11.5. The van der Waals surface area contributed by atoms with E-state index in [4.69, 9.17) is 4.74 Å². The van der Waals surface area contributed by atoms with Gasteiger partial charge in [0.05, 0.1) is 7.11 Å². The van der Waals surface area contributed by atoms with E-state index in [1.165, 1.54) is 36.0 Å². The Hall–Kier alpha value is -0.500. The summed E-state index contributed by atoms with van der Waals surface area (Å²) in [7, 11) is 1.80. The first-order chi connectivity index (χ1) is 9.78. The molecule has 0 spiro atoms. The first kappa shape index (κ1) is 16.9. The number of hydrogen-bond acceptors (Lipinski definition) is 1. The highest BCUT2D eigenvalue weighted by Gasteiger charge is 2.40. The lowest BCUT2D eigenvalue weighted by molar-refractivity contribution is 0.210. The summed E-state index contributed by atoms with van der Waals surface area (Å²) in [4.78, 5) is 0.600. The van der Waals surface area contributed by atoms with E-state index < -0.39 is 0 Å². The summed E-state index contributed by atoms with van der Waals surface area (Å²) < 4.78 is 5.78. The summed E-state index contributed by atoms with van der Waals surface area (Å²) >= 11 is 3.97. The monoisotopic (exact) mass is 352 g/mol. The van der Waals surface area contributed by atoms with Gasteiger partial charge in [-0.2, -0.15) is 0 Å². The molecule has 118 valence electrons. The molecule has 0 amide bonds. The molecular weight excluding hydrogens is 324 g/mol. The van der Waals surface area contributed by atoms with E-state index in [0.717, 1.165) is 11.7 Å². The second-order valence-electron chi connectivity index (χ2n) is 7.35. The van der Waals surface area contributed by atoms with Crippen molar-refractivity contribution in [2.45, 2.75) is 64.1 Å². The van der Waals surface area contributed by atoms with Crippen LogP contribution >= 0.6 is 15.9 Å². The summed E-state index contributed by atoms with van der Waals surface area (Å²) in [5.74, 6) is 2.58. The highest BCUT2D eigenvalue weighted by Crippen LogP contribution is 2.48. The Kier molecular flexibility index (Phi) is 5.07. The Bertz CT molecular complexity index is 507. The lowest BCUT2D eigenvalue weighted by Crippen LogP contribution is -2.39. The normalized spacial score (nSPS) is 26.7. The molecule has 2 rings (SSSR count). The fraction of sp³-hybridized carbons (Fsp3) is 0.684. The zero-order valence-electron chi connectivity index (χ0n) is 14.3. The van der Waals surface area contributed by atoms with Gasteiger partial charge in [0.1, 0.15) is 5.75 Å². The van der Waals surface area contributed by atoms with E-state index in [1.807, 2.05) is 0 Å². The van der Waals surface area contributed by atoms with Gasteiger partial charge in [0, 0.05) is 10.4 Å². The van der Waals surface area contributed by atoms with Crippen molar-refractivity contribution in [2.24, 2.45) is 11.8 Å². The van der Waals surface area contributed by atoms with Crippen molar-refractivity contribution in [3.8, 4) is 5.75 Å². The van der Waals surface area contributed by atoms with Gasteiger partial charge in [-0.1, -0.05) is 55.3 Å². The van der Waals surface area contributed by atoms with Crippen LogP contribution in [0.1, 0.15) is 56.7 Å². The number of rotatable bonds is 3. The molecule has 3 unspecified atom stereocenters. The van der Waals surface area contributed by atoms with E-state index in [9.17, 15) is 0 Å². The Labute approximate surface area is 138 Å². The van der Waals surface area contributed by atoms with Gasteiger partial charge in [0.15, 0.2) is 0 Å². The van der Waals surface area contributed by atoms with Crippen molar-refractivity contribution in [1.29, 1.82) is 0 Å². The molecule has 1 saturated carbocycles. The predicted octanol–water partition coefficient (Wildman–Crippen LogP) is 5.79. The molecule has 0 radical (unpaired) electrons. The Morgan fingerprint density at radius 1 is 1.19 bits per heavy atom. The standard InChI is InChI=1S/C19H29BrO/c1-12-7-9-15(17(20)11-12)19(4,5)16-10-8-13(2)14(3)18(16)21-6/h8,10,12,15,17H,7,9,11H2,1-6H3. The van der Waals surface area contributed by atoms with Crippen LogP contribution in [0, 0.1) is 25.7 Å². The summed E-state index contributed by atoms with van der Waals surface area (Å²) in [6.07, 6.45) is 3.91. The molecule has 1 fully saturated rings. The lowest BCUT2D eigenvalue weighted by Gasteiger charge is -2.43. The molecule has 0 aliphatic heterocycles. The zero-order chi connectivity index (χ0) is 15.8. The topological polar surface area (TPSA) is 9.23 Å². The number of aryl methyl sites for hydroxylation is 1. The van der Waals surface area contributed by atoms with Crippen LogP contribution in [0.2, 0.25) is 0 Å². The van der Waals surface area contributed by atoms with E-state index in [1.54, 1.807) is 7.11 Å². The van der Waals surface area contributed by atoms with Crippen molar-refractivity contribution >= 4 is 15.9 Å². The third kappa shape index (κ3) is 3.16. The summed E-state index contributed by atoms with van der Waals surface area (Å²) in [5, 5.41) is 0. The third-order valence-corrected chi connectivity index (χ3v) is 6.55. The fourth-order valence-electron chi connectivity index (χ4n) is 3.88. The van der Waals surface area contributed by atoms with Gasteiger partial charge >= 0.3 is 0 Å². The minimum absolute atomic E-state index is 0.123. The average Bonchev–Trinajstić information content (AvgIpc) is 2.40. The van der Waals surface area contributed by atoms with Crippen LogP contribution in [0.5, 0.6) is 5.75 Å². The van der Waals surface area contributed by atoms with Gasteiger partial charge in [-0.3, -0.25) is 0 Å². The maximum Gasteiger partial charge on any atom is 0.125 e. The van der Waals surface area contributed by atoms with E-state index in [-0.39, 0.29) is 5.41 Å². The van der Waals surface area contributed by atoms with Gasteiger partial charge in [-0.05, 0) is 55.1 Å². The number of alkyl halides is 1. The minimum atomic E-state index is 0.123. The van der Waals surface area contributed by atoms with Crippen LogP contribution < -0.4 is 4.74 Å². The molecule has 1 aliphatic rings. The summed E-state index contributed by atoms with van der Waals surface area (Å²) in [6, 6.07) is 4.52. The van der Waals surface area contributed by atoms with Crippen molar-refractivity contribution in [3.05, 3.63) is 28.8 Å². The number of ether oxygens (including phenoxy) is 1. The molecule has 0 bridgehead atoms. The van der Waals surface area contributed by atoms with Gasteiger partial charge in [0.25, 0.3) is 0 Å². The number of methoxy groups -OCH3 is 1. The van der Waals surface area contributed by atoms with E-state index in [0.29, 0.717) is 10.7 Å². The molecule has 0 N–H and O–H groups in total. The van der Waals surface area contributed by atoms with Crippen LogP contribution in [-0.4, -0.2) is 11.9 Å². The fourth-order valence-corrected chi connectivity index (χ4v) is 5.45. The largest absolute Gasteiger partial charge is 0.496 e. The quantitative estimate of drug-likeness (QED) is 0.625. The Morgan fingerprint density at radius 2 is 1.86 bits per heavy atom. The molecule has 3 atom stereocenters. The molecule has 0 aromatic heterocycles. The Morgan fingerprint density at radius 3 is 2.43 bits per heavy atom. The predicted molar refractivity (Wildman–Crippen MR) is 94.7 cm³/mol. The highest BCUT2D eigenvalue weighted by molar-refractivity contribution is 9.09. The van der Waals surface area contributed by atoms with Gasteiger partial charge in [0.2, 0.25) is 0 Å². The zero-order valence-corrected chi connectivity index (χ0v) is 15.9. The Balaban J connectivity index is 2.42.